The summed E-state index contributed by atoms with van der Waals surface area (Å²) in [5, 5.41) is 14.6. The summed E-state index contributed by atoms with van der Waals surface area (Å²) >= 11 is 0. The summed E-state index contributed by atoms with van der Waals surface area (Å²) in [6.45, 7) is 3.58. The highest BCUT2D eigenvalue weighted by Crippen LogP contribution is 2.33. The first-order valence-electron chi connectivity index (χ1n) is 10.8. The van der Waals surface area contributed by atoms with Gasteiger partial charge < -0.3 is 15.1 Å². The lowest BCUT2D eigenvalue weighted by Crippen LogP contribution is -2.25. The summed E-state index contributed by atoms with van der Waals surface area (Å²) in [5.74, 6) is -0.326. The third-order valence-corrected chi connectivity index (χ3v) is 5.98. The molecule has 4 rings (SSSR count). The molecule has 2 aromatic carbocycles. The second-order valence-electron chi connectivity index (χ2n) is 8.03. The van der Waals surface area contributed by atoms with E-state index in [1.165, 1.54) is 18.9 Å². The Morgan fingerprint density at radius 1 is 0.833 bits per heavy atom. The predicted molar refractivity (Wildman–Crippen MR) is 120 cm³/mol. The normalized spacial score (nSPS) is 16.9. The highest BCUT2D eigenvalue weighted by Gasteiger charge is 2.24. The number of carbonyl (C=O) groups excluding carboxylic acids is 1. The van der Waals surface area contributed by atoms with Gasteiger partial charge >= 0.3 is 0 Å². The van der Waals surface area contributed by atoms with E-state index >= 15 is 0 Å². The lowest BCUT2D eigenvalue weighted by Gasteiger charge is -2.25. The van der Waals surface area contributed by atoms with E-state index in [4.69, 9.17) is 0 Å². The molecule has 0 bridgehead atoms. The van der Waals surface area contributed by atoms with Gasteiger partial charge in [0.25, 0.3) is 11.6 Å². The molecule has 0 spiro atoms. The van der Waals surface area contributed by atoms with Gasteiger partial charge in [-0.25, -0.2) is 0 Å². The highest BCUT2D eigenvalue weighted by atomic mass is 16.6. The van der Waals surface area contributed by atoms with Gasteiger partial charge in [-0.1, -0.05) is 25.0 Å². The van der Waals surface area contributed by atoms with Crippen molar-refractivity contribution in [2.75, 3.05) is 41.3 Å². The number of para-hydroxylation sites is 2. The number of hydrogen-bond donors (Lipinski definition) is 1. The Labute approximate surface area is 176 Å². The van der Waals surface area contributed by atoms with Crippen LogP contribution in [-0.4, -0.2) is 37.0 Å². The van der Waals surface area contributed by atoms with Crippen LogP contribution in [0.25, 0.3) is 0 Å². The molecule has 0 aliphatic carbocycles. The molecular formula is C23H28N4O3. The monoisotopic (exact) mass is 408 g/mol. The summed E-state index contributed by atoms with van der Waals surface area (Å²) < 4.78 is 0. The lowest BCUT2D eigenvalue weighted by atomic mass is 10.1. The van der Waals surface area contributed by atoms with Crippen molar-refractivity contribution in [3.05, 3.63) is 58.1 Å². The van der Waals surface area contributed by atoms with Crippen molar-refractivity contribution in [3.8, 4) is 0 Å². The molecule has 0 radical (unpaired) electrons. The van der Waals surface area contributed by atoms with Crippen molar-refractivity contribution in [1.29, 1.82) is 0 Å². The molecule has 30 heavy (non-hydrogen) atoms. The molecule has 2 saturated heterocycles. The molecule has 0 unspecified atom stereocenters. The Morgan fingerprint density at radius 3 is 2.10 bits per heavy atom. The maximum atomic E-state index is 13.0. The standard InChI is InChI=1S/C23H28N4O3/c28-23(18-11-12-21(22(17-18)27(29)30)26-15-7-8-16-26)24-19-9-3-4-10-20(19)25-13-5-1-2-6-14-25/h3-4,9-12,17H,1-2,5-8,13-16H2,(H,24,28). The van der Waals surface area contributed by atoms with E-state index in [2.05, 4.69) is 10.2 Å². The van der Waals surface area contributed by atoms with Gasteiger partial charge in [0, 0.05) is 37.8 Å². The van der Waals surface area contributed by atoms with E-state index < -0.39 is 4.92 Å². The molecule has 1 N–H and O–H groups in total. The summed E-state index contributed by atoms with van der Waals surface area (Å²) in [6.07, 6.45) is 6.83. The SMILES string of the molecule is O=C(Nc1ccccc1N1CCCCCC1)c1ccc(N2CCCC2)c([N+](=O)[O-])c1. The molecule has 0 saturated carbocycles. The second kappa shape index (κ2) is 9.15. The van der Waals surface area contributed by atoms with Gasteiger partial charge in [-0.15, -0.1) is 0 Å². The fraction of sp³-hybridized carbons (Fsp3) is 0.435. The van der Waals surface area contributed by atoms with Crippen LogP contribution >= 0.6 is 0 Å². The predicted octanol–water partition coefficient (Wildman–Crippen LogP) is 4.83. The molecular weight excluding hydrogens is 380 g/mol. The number of nitrogens with zero attached hydrogens (tertiary/aromatic N) is 3. The molecule has 7 nitrogen and oxygen atoms in total. The largest absolute Gasteiger partial charge is 0.370 e. The number of nitro benzene ring substituents is 1. The van der Waals surface area contributed by atoms with Gasteiger partial charge in [0.05, 0.1) is 16.3 Å². The van der Waals surface area contributed by atoms with Gasteiger partial charge in [0.1, 0.15) is 5.69 Å². The van der Waals surface area contributed by atoms with Crippen LogP contribution in [0.15, 0.2) is 42.5 Å². The minimum atomic E-state index is -0.393. The zero-order valence-electron chi connectivity index (χ0n) is 17.2. The Kier molecular flexibility index (Phi) is 6.16. The molecule has 7 heteroatoms. The molecule has 158 valence electrons. The van der Waals surface area contributed by atoms with Crippen molar-refractivity contribution in [2.24, 2.45) is 0 Å². The minimum absolute atomic E-state index is 0.00893. The maximum absolute atomic E-state index is 13.0. The third-order valence-electron chi connectivity index (χ3n) is 5.98. The van der Waals surface area contributed by atoms with Crippen molar-refractivity contribution in [2.45, 2.75) is 38.5 Å². The maximum Gasteiger partial charge on any atom is 0.293 e. The number of amides is 1. The number of benzene rings is 2. The van der Waals surface area contributed by atoms with Crippen LogP contribution in [0.5, 0.6) is 0 Å². The molecule has 2 fully saturated rings. The second-order valence-corrected chi connectivity index (χ2v) is 8.03. The van der Waals surface area contributed by atoms with Crippen molar-refractivity contribution in [1.82, 2.24) is 0 Å². The van der Waals surface area contributed by atoms with Gasteiger partial charge in [0.15, 0.2) is 0 Å². The van der Waals surface area contributed by atoms with E-state index in [1.807, 2.05) is 29.2 Å². The third kappa shape index (κ3) is 4.40. The average Bonchev–Trinajstić information content (AvgIpc) is 3.16. The van der Waals surface area contributed by atoms with Gasteiger partial charge in [-0.05, 0) is 49.9 Å². The summed E-state index contributed by atoms with van der Waals surface area (Å²) in [4.78, 5) is 28.6. The fourth-order valence-corrected chi connectivity index (χ4v) is 4.40. The summed E-state index contributed by atoms with van der Waals surface area (Å²) in [7, 11) is 0. The van der Waals surface area contributed by atoms with E-state index in [-0.39, 0.29) is 11.6 Å². The van der Waals surface area contributed by atoms with Crippen LogP contribution < -0.4 is 15.1 Å². The lowest BCUT2D eigenvalue weighted by molar-refractivity contribution is -0.384. The van der Waals surface area contributed by atoms with Crippen molar-refractivity contribution >= 4 is 28.7 Å². The number of carbonyl (C=O) groups is 1. The highest BCUT2D eigenvalue weighted by molar-refractivity contribution is 6.06. The Hall–Kier alpha value is -3.09. The van der Waals surface area contributed by atoms with Crippen LogP contribution in [0.3, 0.4) is 0 Å². The zero-order chi connectivity index (χ0) is 20.9. The molecule has 1 amide bonds. The van der Waals surface area contributed by atoms with Crippen molar-refractivity contribution < 1.29 is 9.72 Å². The van der Waals surface area contributed by atoms with Crippen LogP contribution in [0.4, 0.5) is 22.7 Å². The number of nitrogens with one attached hydrogen (secondary N) is 1. The molecule has 2 aliphatic heterocycles. The number of nitro groups is 1. The molecule has 0 atom stereocenters. The van der Waals surface area contributed by atoms with Crippen LogP contribution in [-0.2, 0) is 0 Å². The first-order chi connectivity index (χ1) is 14.6. The number of hydrogen-bond acceptors (Lipinski definition) is 5. The first-order valence-corrected chi connectivity index (χ1v) is 10.8. The smallest absolute Gasteiger partial charge is 0.293 e. The van der Waals surface area contributed by atoms with Crippen LogP contribution in [0.1, 0.15) is 48.9 Å². The van der Waals surface area contributed by atoms with E-state index in [9.17, 15) is 14.9 Å². The molecule has 2 heterocycles. The van der Waals surface area contributed by atoms with Crippen LogP contribution in [0, 0.1) is 10.1 Å². The van der Waals surface area contributed by atoms with Gasteiger partial charge in [-0.3, -0.25) is 14.9 Å². The Bertz CT molecular complexity index is 916. The van der Waals surface area contributed by atoms with E-state index in [0.29, 0.717) is 11.3 Å². The van der Waals surface area contributed by atoms with Gasteiger partial charge in [-0.2, -0.15) is 0 Å². The quantitative estimate of drug-likeness (QED) is 0.566. The number of rotatable bonds is 5. The Morgan fingerprint density at radius 2 is 1.43 bits per heavy atom. The molecule has 2 aliphatic rings. The molecule has 0 aromatic heterocycles. The minimum Gasteiger partial charge on any atom is -0.370 e. The zero-order valence-corrected chi connectivity index (χ0v) is 17.2. The van der Waals surface area contributed by atoms with Gasteiger partial charge in [0.2, 0.25) is 0 Å². The summed E-state index contributed by atoms with van der Waals surface area (Å²) in [6, 6.07) is 12.6. The van der Waals surface area contributed by atoms with E-state index in [1.54, 1.807) is 12.1 Å². The first kappa shape index (κ1) is 20.2. The van der Waals surface area contributed by atoms with E-state index in [0.717, 1.165) is 63.2 Å². The fourth-order valence-electron chi connectivity index (χ4n) is 4.40. The van der Waals surface area contributed by atoms with Crippen molar-refractivity contribution in [3.63, 3.8) is 0 Å². The summed E-state index contributed by atoms with van der Waals surface area (Å²) in [5.41, 5.74) is 2.64. The molecule has 2 aromatic rings. The average molecular weight is 409 g/mol. The number of anilines is 3. The van der Waals surface area contributed by atoms with Crippen LogP contribution in [0.2, 0.25) is 0 Å². The topological polar surface area (TPSA) is 78.7 Å². The Balaban J connectivity index is 1.57.